The van der Waals surface area contributed by atoms with Crippen molar-refractivity contribution in [3.8, 4) is 0 Å². The average molecular weight is 248 g/mol. The molecule has 4 heteroatoms. The number of hydrogen-bond donors (Lipinski definition) is 2. The number of hydrogen-bond acceptors (Lipinski definition) is 3. The number of aliphatic carboxylic acids is 1. The number of benzene rings is 1. The molecule has 2 N–H and O–H groups in total. The van der Waals surface area contributed by atoms with Crippen molar-refractivity contribution in [2.24, 2.45) is 0 Å². The SMILES string of the molecule is Cc1cccc(N2CCCC(NCC(=O)O)C2)c1. The first-order valence-electron chi connectivity index (χ1n) is 6.42. The van der Waals surface area contributed by atoms with E-state index in [-0.39, 0.29) is 12.6 Å². The zero-order valence-electron chi connectivity index (χ0n) is 10.7. The molecule has 1 aliphatic heterocycles. The van der Waals surface area contributed by atoms with Gasteiger partial charge in [0, 0.05) is 24.8 Å². The van der Waals surface area contributed by atoms with Crippen LogP contribution in [0.5, 0.6) is 0 Å². The highest BCUT2D eigenvalue weighted by Gasteiger charge is 2.20. The monoisotopic (exact) mass is 248 g/mol. The highest BCUT2D eigenvalue weighted by molar-refractivity contribution is 5.69. The van der Waals surface area contributed by atoms with Crippen LogP contribution in [0.15, 0.2) is 24.3 Å². The minimum atomic E-state index is -0.789. The topological polar surface area (TPSA) is 52.6 Å². The van der Waals surface area contributed by atoms with E-state index in [0.717, 1.165) is 25.9 Å². The first-order valence-corrected chi connectivity index (χ1v) is 6.42. The molecule has 2 rings (SSSR count). The lowest BCUT2D eigenvalue weighted by molar-refractivity contribution is -0.136. The maximum Gasteiger partial charge on any atom is 0.317 e. The Balaban J connectivity index is 1.96. The Morgan fingerprint density at radius 1 is 1.56 bits per heavy atom. The highest BCUT2D eigenvalue weighted by atomic mass is 16.4. The maximum absolute atomic E-state index is 10.6. The van der Waals surface area contributed by atoms with Gasteiger partial charge in [-0.05, 0) is 37.5 Å². The van der Waals surface area contributed by atoms with Crippen LogP contribution < -0.4 is 10.2 Å². The zero-order valence-corrected chi connectivity index (χ0v) is 10.7. The van der Waals surface area contributed by atoms with Crippen LogP contribution in [0.1, 0.15) is 18.4 Å². The van der Waals surface area contributed by atoms with E-state index in [9.17, 15) is 4.79 Å². The molecule has 1 saturated heterocycles. The summed E-state index contributed by atoms with van der Waals surface area (Å²) < 4.78 is 0. The van der Waals surface area contributed by atoms with Crippen LogP contribution in [0.25, 0.3) is 0 Å². The third-order valence-corrected chi connectivity index (χ3v) is 3.33. The molecule has 1 aromatic carbocycles. The van der Waals surface area contributed by atoms with Crippen molar-refractivity contribution in [2.45, 2.75) is 25.8 Å². The van der Waals surface area contributed by atoms with Gasteiger partial charge in [0.15, 0.2) is 0 Å². The Labute approximate surface area is 108 Å². The fourth-order valence-electron chi connectivity index (χ4n) is 2.43. The third kappa shape index (κ3) is 3.47. The van der Waals surface area contributed by atoms with Gasteiger partial charge in [-0.25, -0.2) is 0 Å². The Hall–Kier alpha value is -1.55. The molecule has 0 bridgehead atoms. The molecule has 0 aliphatic carbocycles. The molecule has 1 atom stereocenters. The second-order valence-electron chi connectivity index (χ2n) is 4.90. The van der Waals surface area contributed by atoms with Crippen molar-refractivity contribution in [3.05, 3.63) is 29.8 Å². The first-order chi connectivity index (χ1) is 8.65. The van der Waals surface area contributed by atoms with E-state index >= 15 is 0 Å². The van der Waals surface area contributed by atoms with Crippen LogP contribution in [-0.2, 0) is 4.79 Å². The Bertz CT molecular complexity index is 420. The largest absolute Gasteiger partial charge is 0.480 e. The fourth-order valence-corrected chi connectivity index (χ4v) is 2.43. The van der Waals surface area contributed by atoms with E-state index in [0.29, 0.717) is 0 Å². The van der Waals surface area contributed by atoms with Crippen molar-refractivity contribution in [2.75, 3.05) is 24.5 Å². The van der Waals surface area contributed by atoms with E-state index in [4.69, 9.17) is 5.11 Å². The molecule has 1 unspecified atom stereocenters. The second kappa shape index (κ2) is 5.87. The summed E-state index contributed by atoms with van der Waals surface area (Å²) in [4.78, 5) is 12.9. The van der Waals surface area contributed by atoms with Gasteiger partial charge in [-0.3, -0.25) is 4.79 Å². The predicted octanol–water partition coefficient (Wildman–Crippen LogP) is 1.64. The van der Waals surface area contributed by atoms with E-state index in [2.05, 4.69) is 41.4 Å². The predicted molar refractivity (Wildman–Crippen MR) is 72.1 cm³/mol. The van der Waals surface area contributed by atoms with Crippen molar-refractivity contribution in [1.29, 1.82) is 0 Å². The quantitative estimate of drug-likeness (QED) is 0.850. The Morgan fingerprint density at radius 3 is 3.11 bits per heavy atom. The molecule has 0 saturated carbocycles. The normalized spacial score (nSPS) is 19.8. The summed E-state index contributed by atoms with van der Waals surface area (Å²) >= 11 is 0. The molecule has 4 nitrogen and oxygen atoms in total. The molecule has 1 aromatic rings. The van der Waals surface area contributed by atoms with Gasteiger partial charge in [0.25, 0.3) is 0 Å². The molecule has 1 fully saturated rings. The summed E-state index contributed by atoms with van der Waals surface area (Å²) in [6, 6.07) is 8.73. The van der Waals surface area contributed by atoms with Gasteiger partial charge in [-0.15, -0.1) is 0 Å². The Morgan fingerprint density at radius 2 is 2.39 bits per heavy atom. The number of aryl methyl sites for hydroxylation is 1. The summed E-state index contributed by atoms with van der Waals surface area (Å²) in [6.07, 6.45) is 2.15. The Kier molecular flexibility index (Phi) is 4.20. The van der Waals surface area contributed by atoms with E-state index in [1.165, 1.54) is 11.3 Å². The number of carbonyl (C=O) groups is 1. The number of nitrogens with one attached hydrogen (secondary N) is 1. The summed E-state index contributed by atoms with van der Waals surface area (Å²) in [5.41, 5.74) is 2.49. The number of anilines is 1. The minimum absolute atomic E-state index is 0.0479. The summed E-state index contributed by atoms with van der Waals surface area (Å²) in [7, 11) is 0. The standard InChI is InChI=1S/C14H20N2O2/c1-11-4-2-6-13(8-11)16-7-3-5-12(10-16)15-9-14(17)18/h2,4,6,8,12,15H,3,5,7,9-10H2,1H3,(H,17,18). The minimum Gasteiger partial charge on any atom is -0.480 e. The molecule has 0 spiro atoms. The lowest BCUT2D eigenvalue weighted by Crippen LogP contribution is -2.47. The van der Waals surface area contributed by atoms with Gasteiger partial charge >= 0.3 is 5.97 Å². The van der Waals surface area contributed by atoms with E-state index in [1.807, 2.05) is 0 Å². The van der Waals surface area contributed by atoms with Gasteiger partial charge < -0.3 is 15.3 Å². The van der Waals surface area contributed by atoms with Crippen molar-refractivity contribution < 1.29 is 9.90 Å². The van der Waals surface area contributed by atoms with Crippen molar-refractivity contribution >= 4 is 11.7 Å². The van der Waals surface area contributed by atoms with Gasteiger partial charge in [0.1, 0.15) is 0 Å². The van der Waals surface area contributed by atoms with Gasteiger partial charge in [-0.2, -0.15) is 0 Å². The summed E-state index contributed by atoms with van der Waals surface area (Å²) in [6.45, 7) is 4.07. The zero-order chi connectivity index (χ0) is 13.0. The van der Waals surface area contributed by atoms with Crippen molar-refractivity contribution in [1.82, 2.24) is 5.32 Å². The molecule has 1 heterocycles. The highest BCUT2D eigenvalue weighted by Crippen LogP contribution is 2.20. The van der Waals surface area contributed by atoms with Crippen LogP contribution >= 0.6 is 0 Å². The molecule has 1 aliphatic rings. The van der Waals surface area contributed by atoms with Crippen LogP contribution in [0, 0.1) is 6.92 Å². The fraction of sp³-hybridized carbons (Fsp3) is 0.500. The van der Waals surface area contributed by atoms with Crippen LogP contribution in [0.3, 0.4) is 0 Å². The van der Waals surface area contributed by atoms with Gasteiger partial charge in [-0.1, -0.05) is 12.1 Å². The molecule has 0 aromatic heterocycles. The first kappa shape index (κ1) is 12.9. The lowest BCUT2D eigenvalue weighted by atomic mass is 10.0. The molecule has 98 valence electrons. The van der Waals surface area contributed by atoms with Crippen LogP contribution in [-0.4, -0.2) is 36.8 Å². The van der Waals surface area contributed by atoms with Crippen LogP contribution in [0.2, 0.25) is 0 Å². The smallest absolute Gasteiger partial charge is 0.317 e. The van der Waals surface area contributed by atoms with Gasteiger partial charge in [0.2, 0.25) is 0 Å². The lowest BCUT2D eigenvalue weighted by Gasteiger charge is -2.34. The average Bonchev–Trinajstić information content (AvgIpc) is 2.37. The number of carboxylic acids is 1. The molecule has 18 heavy (non-hydrogen) atoms. The van der Waals surface area contributed by atoms with E-state index in [1.54, 1.807) is 0 Å². The molecule has 0 radical (unpaired) electrons. The number of nitrogens with zero attached hydrogens (tertiary/aromatic N) is 1. The molecular formula is C14H20N2O2. The van der Waals surface area contributed by atoms with Crippen molar-refractivity contribution in [3.63, 3.8) is 0 Å². The molecule has 0 amide bonds. The third-order valence-electron chi connectivity index (χ3n) is 3.33. The maximum atomic E-state index is 10.6. The van der Waals surface area contributed by atoms with Gasteiger partial charge in [0.05, 0.1) is 6.54 Å². The number of piperidine rings is 1. The van der Waals surface area contributed by atoms with E-state index < -0.39 is 5.97 Å². The summed E-state index contributed by atoms with van der Waals surface area (Å²) in [5.74, 6) is -0.789. The second-order valence-corrected chi connectivity index (χ2v) is 4.90. The number of carboxylic acid groups (broad SMARTS) is 1. The molecular weight excluding hydrogens is 228 g/mol. The van der Waals surface area contributed by atoms with Crippen LogP contribution in [0.4, 0.5) is 5.69 Å². The summed E-state index contributed by atoms with van der Waals surface area (Å²) in [5, 5.41) is 11.8. The number of rotatable bonds is 4.